The van der Waals surface area contributed by atoms with Crippen LogP contribution in [-0.2, 0) is 32.1 Å². The average molecular weight is 686 g/mol. The molecule has 14 heteroatoms. The largest absolute Gasteiger partial charge is 0.390 e. The molecule has 1 saturated carbocycles. The lowest BCUT2D eigenvalue weighted by molar-refractivity contribution is -0.141. The van der Waals surface area contributed by atoms with Gasteiger partial charge in [0.1, 0.15) is 24.8 Å². The molecule has 0 spiro atoms. The molecule has 1 aliphatic rings. The first-order chi connectivity index (χ1) is 23.4. The molecule has 2 aromatic heterocycles. The van der Waals surface area contributed by atoms with Gasteiger partial charge in [0.2, 0.25) is 23.6 Å². The Labute approximate surface area is 288 Å². The number of pyridine rings is 1. The molecule has 0 radical (unpaired) electrons. The maximum absolute atomic E-state index is 13.9. The van der Waals surface area contributed by atoms with Crippen LogP contribution in [0.25, 0.3) is 0 Å². The highest BCUT2D eigenvalue weighted by Crippen LogP contribution is 2.30. The molecule has 14 nitrogen and oxygen atoms in total. The lowest BCUT2D eigenvalue weighted by Gasteiger charge is -2.37. The number of aliphatic hydroxyl groups is 3. The van der Waals surface area contributed by atoms with Crippen LogP contribution in [0, 0.1) is 23.7 Å². The summed E-state index contributed by atoms with van der Waals surface area (Å²) in [6, 6.07) is 2.41. The van der Waals surface area contributed by atoms with Gasteiger partial charge in [0, 0.05) is 24.5 Å². The predicted octanol–water partition coefficient (Wildman–Crippen LogP) is 1.12. The first kappa shape index (κ1) is 39.6. The lowest BCUT2D eigenvalue weighted by atomic mass is 9.79. The van der Waals surface area contributed by atoms with Crippen molar-refractivity contribution in [1.82, 2.24) is 36.2 Å². The minimum atomic E-state index is -1.60. The highest BCUT2D eigenvalue weighted by Gasteiger charge is 2.41. The zero-order chi connectivity index (χ0) is 35.9. The van der Waals surface area contributed by atoms with Crippen molar-refractivity contribution >= 4 is 23.6 Å². The van der Waals surface area contributed by atoms with Gasteiger partial charge in [-0.2, -0.15) is 0 Å². The maximum Gasteiger partial charge on any atom is 0.246 e. The topological polar surface area (TPSA) is 219 Å². The zero-order valence-electron chi connectivity index (χ0n) is 29.1. The van der Waals surface area contributed by atoms with E-state index < -0.39 is 66.5 Å². The molecule has 7 atom stereocenters. The fourth-order valence-corrected chi connectivity index (χ4v) is 6.46. The molecule has 1 aliphatic carbocycles. The van der Waals surface area contributed by atoms with E-state index in [0.717, 1.165) is 32.1 Å². The third kappa shape index (κ3) is 12.2. The van der Waals surface area contributed by atoms with E-state index in [2.05, 4.69) is 36.2 Å². The Bertz CT molecular complexity index is 1300. The fourth-order valence-electron chi connectivity index (χ4n) is 6.46. The van der Waals surface area contributed by atoms with E-state index in [0.29, 0.717) is 24.2 Å². The van der Waals surface area contributed by atoms with Crippen LogP contribution in [0.1, 0.15) is 84.0 Å². The number of nitrogens with one attached hydrogen (secondary N) is 5. The first-order valence-electron chi connectivity index (χ1n) is 17.5. The SMILES string of the molecule is CC[C@@H](C)[C@H](NC(=O)[C@H](C(C)C)[C@@H](O)[C@H](O)[C@H](CC1CCCCC1)NC(=O)[C@H](Cc1cnc[nH]1)NC(=O)CO)C(=O)NCc1ccccn1. The van der Waals surface area contributed by atoms with E-state index >= 15 is 0 Å². The minimum absolute atomic E-state index is 0.0444. The molecule has 3 rings (SSSR count). The predicted molar refractivity (Wildman–Crippen MR) is 182 cm³/mol. The summed E-state index contributed by atoms with van der Waals surface area (Å²) in [5, 5.41) is 43.8. The van der Waals surface area contributed by atoms with Crippen molar-refractivity contribution < 1.29 is 34.5 Å². The lowest BCUT2D eigenvalue weighted by Crippen LogP contribution is -2.59. The van der Waals surface area contributed by atoms with E-state index in [1.165, 1.54) is 12.5 Å². The number of H-pyrrole nitrogens is 1. The molecule has 272 valence electrons. The van der Waals surface area contributed by atoms with Gasteiger partial charge in [-0.15, -0.1) is 0 Å². The highest BCUT2D eigenvalue weighted by atomic mass is 16.3. The number of nitrogens with zero attached hydrogens (tertiary/aromatic N) is 2. The van der Waals surface area contributed by atoms with Gasteiger partial charge >= 0.3 is 0 Å². The molecule has 0 unspecified atom stereocenters. The Morgan fingerprint density at radius 3 is 2.29 bits per heavy atom. The van der Waals surface area contributed by atoms with Crippen molar-refractivity contribution in [1.29, 1.82) is 0 Å². The first-order valence-corrected chi connectivity index (χ1v) is 17.5. The Hall–Kier alpha value is -3.88. The Balaban J connectivity index is 1.81. The molecule has 4 amide bonds. The summed E-state index contributed by atoms with van der Waals surface area (Å²) in [6.07, 6.45) is 7.34. The van der Waals surface area contributed by atoms with E-state index in [-0.39, 0.29) is 30.7 Å². The maximum atomic E-state index is 13.9. The van der Waals surface area contributed by atoms with Crippen LogP contribution in [0.3, 0.4) is 0 Å². The smallest absolute Gasteiger partial charge is 0.246 e. The number of aliphatic hydroxyl groups excluding tert-OH is 3. The van der Waals surface area contributed by atoms with Crippen LogP contribution < -0.4 is 21.3 Å². The number of carbonyl (C=O) groups is 4. The zero-order valence-corrected chi connectivity index (χ0v) is 29.1. The number of aromatic nitrogens is 3. The van der Waals surface area contributed by atoms with Crippen LogP contribution >= 0.6 is 0 Å². The highest BCUT2D eigenvalue weighted by molar-refractivity contribution is 5.89. The number of aromatic amines is 1. The normalized spacial score (nSPS) is 18.0. The summed E-state index contributed by atoms with van der Waals surface area (Å²) in [5.41, 5.74) is 1.23. The average Bonchev–Trinajstić information content (AvgIpc) is 3.62. The number of rotatable bonds is 19. The van der Waals surface area contributed by atoms with Crippen LogP contribution in [0.2, 0.25) is 0 Å². The standard InChI is InChI=1S/C35H55N7O7/c1-5-22(4)30(35(49)38-18-24-13-9-10-14-37-24)42-34(48)29(21(2)3)32(46)31(45)26(15-23-11-7-6-8-12-23)41-33(47)27(40-28(44)19-43)16-25-17-36-20-39-25/h9-10,13-14,17,20-23,26-27,29-32,43,45-46H,5-8,11-12,15-16,18-19H2,1-4H3,(H,36,39)(H,38,49)(H,40,44)(H,41,47)(H,42,48)/t22-,26+,27+,29-,30+,31-,32-/m1/s1. The summed E-state index contributed by atoms with van der Waals surface area (Å²) < 4.78 is 0. The molecular formula is C35H55N7O7. The molecular weight excluding hydrogens is 630 g/mol. The third-order valence-corrected chi connectivity index (χ3v) is 9.53. The molecule has 0 saturated heterocycles. The van der Waals surface area contributed by atoms with Gasteiger partial charge in [0.25, 0.3) is 0 Å². The quantitative estimate of drug-likeness (QED) is 0.106. The molecule has 2 heterocycles. The second kappa shape index (κ2) is 20.0. The van der Waals surface area contributed by atoms with Crippen molar-refractivity contribution in [3.05, 3.63) is 48.3 Å². The molecule has 49 heavy (non-hydrogen) atoms. The second-order valence-corrected chi connectivity index (χ2v) is 13.6. The summed E-state index contributed by atoms with van der Waals surface area (Å²) in [5.74, 6) is -3.97. The van der Waals surface area contributed by atoms with Crippen molar-refractivity contribution in [2.45, 2.75) is 116 Å². The second-order valence-electron chi connectivity index (χ2n) is 13.6. The van der Waals surface area contributed by atoms with Crippen LogP contribution in [0.15, 0.2) is 36.9 Å². The van der Waals surface area contributed by atoms with E-state index in [4.69, 9.17) is 0 Å². The van der Waals surface area contributed by atoms with Crippen LogP contribution in [-0.4, -0.2) is 90.8 Å². The number of hydrogen-bond donors (Lipinski definition) is 8. The van der Waals surface area contributed by atoms with Gasteiger partial charge in [-0.3, -0.25) is 24.2 Å². The number of hydrogen-bond acceptors (Lipinski definition) is 9. The van der Waals surface area contributed by atoms with Crippen molar-refractivity contribution in [2.75, 3.05) is 6.61 Å². The van der Waals surface area contributed by atoms with Gasteiger partial charge in [0.05, 0.1) is 36.6 Å². The van der Waals surface area contributed by atoms with Crippen LogP contribution in [0.5, 0.6) is 0 Å². The van der Waals surface area contributed by atoms with E-state index in [1.807, 2.05) is 19.9 Å². The van der Waals surface area contributed by atoms with Gasteiger partial charge in [-0.1, -0.05) is 72.3 Å². The summed E-state index contributed by atoms with van der Waals surface area (Å²) in [7, 11) is 0. The Morgan fingerprint density at radius 1 is 0.959 bits per heavy atom. The molecule has 0 aromatic carbocycles. The van der Waals surface area contributed by atoms with Crippen molar-refractivity contribution in [2.24, 2.45) is 23.7 Å². The third-order valence-electron chi connectivity index (χ3n) is 9.53. The summed E-state index contributed by atoms with van der Waals surface area (Å²) in [6.45, 7) is 6.63. The van der Waals surface area contributed by atoms with Gasteiger partial charge in [0.15, 0.2) is 0 Å². The molecule has 2 aromatic rings. The summed E-state index contributed by atoms with van der Waals surface area (Å²) in [4.78, 5) is 64.1. The Kier molecular flexibility index (Phi) is 16.1. The van der Waals surface area contributed by atoms with E-state index in [1.54, 1.807) is 32.2 Å². The summed E-state index contributed by atoms with van der Waals surface area (Å²) >= 11 is 0. The monoisotopic (exact) mass is 685 g/mol. The molecule has 0 bridgehead atoms. The van der Waals surface area contributed by atoms with Crippen molar-refractivity contribution in [3.8, 4) is 0 Å². The Morgan fingerprint density at radius 2 is 1.69 bits per heavy atom. The number of amides is 4. The molecule has 8 N–H and O–H groups in total. The molecule has 1 fully saturated rings. The number of imidazole rings is 1. The van der Waals surface area contributed by atoms with Crippen LogP contribution in [0.4, 0.5) is 0 Å². The van der Waals surface area contributed by atoms with Gasteiger partial charge in [-0.05, 0) is 36.3 Å². The molecule has 0 aliphatic heterocycles. The minimum Gasteiger partial charge on any atom is -0.390 e. The van der Waals surface area contributed by atoms with E-state index in [9.17, 15) is 34.5 Å². The number of carbonyl (C=O) groups excluding carboxylic acids is 4. The fraction of sp³-hybridized carbons (Fsp3) is 0.657. The van der Waals surface area contributed by atoms with Gasteiger partial charge in [-0.25, -0.2) is 4.98 Å². The van der Waals surface area contributed by atoms with Crippen molar-refractivity contribution in [3.63, 3.8) is 0 Å². The van der Waals surface area contributed by atoms with Gasteiger partial charge < -0.3 is 41.6 Å².